The molecule has 1 N–H and O–H groups in total. The van der Waals surface area contributed by atoms with E-state index in [1.807, 2.05) is 20.0 Å². The Kier molecular flexibility index (Phi) is 4.27. The third-order valence-electron chi connectivity index (χ3n) is 3.52. The monoisotopic (exact) mass is 260 g/mol. The lowest BCUT2D eigenvalue weighted by molar-refractivity contribution is 0.322. The summed E-state index contributed by atoms with van der Waals surface area (Å²) in [6.45, 7) is 6.24. The van der Waals surface area contributed by atoms with Crippen molar-refractivity contribution in [3.8, 4) is 11.4 Å². The fourth-order valence-corrected chi connectivity index (χ4v) is 2.16. The van der Waals surface area contributed by atoms with Gasteiger partial charge in [-0.05, 0) is 38.9 Å². The van der Waals surface area contributed by atoms with E-state index in [4.69, 9.17) is 4.52 Å². The molecule has 0 aliphatic rings. The van der Waals surface area contributed by atoms with Crippen LogP contribution < -0.4 is 5.32 Å². The Labute approximate surface area is 113 Å². The number of hydrogen-bond acceptors (Lipinski definition) is 5. The van der Waals surface area contributed by atoms with Gasteiger partial charge in [0.25, 0.3) is 0 Å². The van der Waals surface area contributed by atoms with Gasteiger partial charge in [0, 0.05) is 24.0 Å². The van der Waals surface area contributed by atoms with E-state index in [0.717, 1.165) is 17.5 Å². The third kappa shape index (κ3) is 2.81. The highest BCUT2D eigenvalue weighted by atomic mass is 16.5. The third-order valence-corrected chi connectivity index (χ3v) is 3.52. The van der Waals surface area contributed by atoms with Crippen molar-refractivity contribution < 1.29 is 4.52 Å². The molecule has 0 aliphatic carbocycles. The summed E-state index contributed by atoms with van der Waals surface area (Å²) in [5.74, 6) is 1.56. The van der Waals surface area contributed by atoms with Crippen molar-refractivity contribution in [2.24, 2.45) is 0 Å². The van der Waals surface area contributed by atoms with E-state index in [1.165, 1.54) is 0 Å². The van der Waals surface area contributed by atoms with Crippen LogP contribution in [0.3, 0.4) is 0 Å². The molecule has 0 bridgehead atoms. The van der Waals surface area contributed by atoms with Crippen molar-refractivity contribution in [3.05, 3.63) is 29.9 Å². The van der Waals surface area contributed by atoms with Crippen molar-refractivity contribution in [3.63, 3.8) is 0 Å². The predicted octanol–water partition coefficient (Wildman–Crippen LogP) is 2.54. The molecule has 5 heteroatoms. The van der Waals surface area contributed by atoms with Crippen LogP contribution in [-0.2, 0) is 0 Å². The molecule has 2 aromatic rings. The summed E-state index contributed by atoms with van der Waals surface area (Å²) >= 11 is 0. The average molecular weight is 260 g/mol. The van der Waals surface area contributed by atoms with E-state index in [9.17, 15) is 0 Å². The van der Waals surface area contributed by atoms with Gasteiger partial charge in [0.15, 0.2) is 0 Å². The predicted molar refractivity (Wildman–Crippen MR) is 73.8 cm³/mol. The summed E-state index contributed by atoms with van der Waals surface area (Å²) in [6, 6.07) is 2.21. The SMILES string of the molecule is CCC(c1nc(-c2ccncc2C)no1)C(C)NC. The molecule has 2 aromatic heterocycles. The second-order valence-corrected chi connectivity index (χ2v) is 4.74. The van der Waals surface area contributed by atoms with E-state index >= 15 is 0 Å². The van der Waals surface area contributed by atoms with Crippen LogP contribution in [0.4, 0.5) is 0 Å². The number of likely N-dealkylation sites (N-methyl/N-ethyl adjacent to an activating group) is 1. The van der Waals surface area contributed by atoms with Gasteiger partial charge in [-0.1, -0.05) is 12.1 Å². The zero-order valence-electron chi connectivity index (χ0n) is 11.8. The van der Waals surface area contributed by atoms with Gasteiger partial charge in [-0.25, -0.2) is 0 Å². The number of pyridine rings is 1. The normalized spacial score (nSPS) is 14.3. The second kappa shape index (κ2) is 5.93. The van der Waals surface area contributed by atoms with Crippen LogP contribution in [0, 0.1) is 6.92 Å². The minimum atomic E-state index is 0.230. The first-order chi connectivity index (χ1) is 9.17. The fourth-order valence-electron chi connectivity index (χ4n) is 2.16. The molecular weight excluding hydrogens is 240 g/mol. The topological polar surface area (TPSA) is 63.8 Å². The van der Waals surface area contributed by atoms with Crippen LogP contribution in [0.25, 0.3) is 11.4 Å². The Bertz CT molecular complexity index is 538. The molecule has 0 aliphatic heterocycles. The molecule has 2 rings (SSSR count). The minimum Gasteiger partial charge on any atom is -0.339 e. The fraction of sp³-hybridized carbons (Fsp3) is 0.500. The first-order valence-electron chi connectivity index (χ1n) is 6.59. The van der Waals surface area contributed by atoms with Crippen molar-refractivity contribution in [2.75, 3.05) is 7.05 Å². The molecule has 0 saturated carbocycles. The smallest absolute Gasteiger partial charge is 0.231 e. The zero-order chi connectivity index (χ0) is 13.8. The Morgan fingerprint density at radius 2 is 2.21 bits per heavy atom. The van der Waals surface area contributed by atoms with Crippen LogP contribution in [0.5, 0.6) is 0 Å². The number of hydrogen-bond donors (Lipinski definition) is 1. The van der Waals surface area contributed by atoms with Crippen LogP contribution in [-0.4, -0.2) is 28.2 Å². The molecule has 0 fully saturated rings. The van der Waals surface area contributed by atoms with Gasteiger partial charge in [-0.3, -0.25) is 4.98 Å². The maximum atomic E-state index is 5.43. The second-order valence-electron chi connectivity index (χ2n) is 4.74. The summed E-state index contributed by atoms with van der Waals surface area (Å²) in [6.07, 6.45) is 4.50. The quantitative estimate of drug-likeness (QED) is 0.895. The van der Waals surface area contributed by atoms with Gasteiger partial charge in [0.05, 0.1) is 5.92 Å². The maximum absolute atomic E-state index is 5.43. The van der Waals surface area contributed by atoms with Crippen molar-refractivity contribution in [1.29, 1.82) is 0 Å². The zero-order valence-corrected chi connectivity index (χ0v) is 11.8. The summed E-state index contributed by atoms with van der Waals surface area (Å²) in [5.41, 5.74) is 2.02. The molecule has 0 saturated heterocycles. The largest absolute Gasteiger partial charge is 0.339 e. The van der Waals surface area contributed by atoms with Gasteiger partial charge < -0.3 is 9.84 Å². The molecule has 102 valence electrons. The van der Waals surface area contributed by atoms with E-state index in [2.05, 4.69) is 34.3 Å². The Morgan fingerprint density at radius 1 is 1.42 bits per heavy atom. The highest BCUT2D eigenvalue weighted by Gasteiger charge is 2.23. The van der Waals surface area contributed by atoms with Crippen molar-refractivity contribution >= 4 is 0 Å². The number of rotatable bonds is 5. The average Bonchev–Trinajstić information content (AvgIpc) is 2.89. The van der Waals surface area contributed by atoms with Gasteiger partial charge in [0.1, 0.15) is 0 Å². The molecule has 2 heterocycles. The minimum absolute atomic E-state index is 0.230. The van der Waals surface area contributed by atoms with Crippen LogP contribution in [0.2, 0.25) is 0 Å². The van der Waals surface area contributed by atoms with E-state index in [1.54, 1.807) is 12.4 Å². The number of aryl methyl sites for hydroxylation is 1. The van der Waals surface area contributed by atoms with E-state index in [-0.39, 0.29) is 5.92 Å². The molecule has 0 spiro atoms. The summed E-state index contributed by atoms with van der Waals surface area (Å²) in [5, 5.41) is 7.33. The van der Waals surface area contributed by atoms with Gasteiger partial charge in [-0.15, -0.1) is 0 Å². The Balaban J connectivity index is 2.31. The molecular formula is C14H20N4O. The lowest BCUT2D eigenvalue weighted by Gasteiger charge is -2.17. The molecule has 0 aromatic carbocycles. The molecule has 2 atom stereocenters. The van der Waals surface area contributed by atoms with E-state index < -0.39 is 0 Å². The van der Waals surface area contributed by atoms with Gasteiger partial charge in [0.2, 0.25) is 11.7 Å². The van der Waals surface area contributed by atoms with Crippen LogP contribution >= 0.6 is 0 Å². The first-order valence-corrected chi connectivity index (χ1v) is 6.59. The molecule has 5 nitrogen and oxygen atoms in total. The van der Waals surface area contributed by atoms with Gasteiger partial charge in [-0.2, -0.15) is 4.98 Å². The van der Waals surface area contributed by atoms with Crippen LogP contribution in [0.15, 0.2) is 23.0 Å². The summed E-state index contributed by atoms with van der Waals surface area (Å²) in [7, 11) is 1.94. The summed E-state index contributed by atoms with van der Waals surface area (Å²) in [4.78, 5) is 8.61. The molecule has 2 unspecified atom stereocenters. The van der Waals surface area contributed by atoms with E-state index in [0.29, 0.717) is 17.8 Å². The van der Waals surface area contributed by atoms with Crippen molar-refractivity contribution in [2.45, 2.75) is 39.2 Å². The molecule has 19 heavy (non-hydrogen) atoms. The lowest BCUT2D eigenvalue weighted by atomic mass is 9.98. The maximum Gasteiger partial charge on any atom is 0.231 e. The highest BCUT2D eigenvalue weighted by molar-refractivity contribution is 5.57. The number of nitrogens with zero attached hydrogens (tertiary/aromatic N) is 3. The summed E-state index contributed by atoms with van der Waals surface area (Å²) < 4.78 is 5.43. The number of nitrogens with one attached hydrogen (secondary N) is 1. The van der Waals surface area contributed by atoms with Crippen LogP contribution in [0.1, 0.15) is 37.6 Å². The Hall–Kier alpha value is -1.75. The first kappa shape index (κ1) is 13.7. The molecule has 0 radical (unpaired) electrons. The highest BCUT2D eigenvalue weighted by Crippen LogP contribution is 2.25. The van der Waals surface area contributed by atoms with Gasteiger partial charge >= 0.3 is 0 Å². The number of aromatic nitrogens is 3. The van der Waals surface area contributed by atoms with Crippen molar-refractivity contribution in [1.82, 2.24) is 20.4 Å². The Morgan fingerprint density at radius 3 is 2.84 bits per heavy atom. The standard InChI is InChI=1S/C14H20N4O/c1-5-11(10(3)15-4)14-17-13(18-19-14)12-6-7-16-8-9(12)2/h6-8,10-11,15H,5H2,1-4H3. The lowest BCUT2D eigenvalue weighted by Crippen LogP contribution is -2.28. The molecule has 0 amide bonds.